The molecule has 0 amide bonds. The number of rotatable bonds is 4. The van der Waals surface area contributed by atoms with Gasteiger partial charge in [-0.15, -0.1) is 0 Å². The van der Waals surface area contributed by atoms with E-state index in [0.717, 1.165) is 16.8 Å². The molecule has 0 bridgehead atoms. The van der Waals surface area contributed by atoms with Crippen LogP contribution in [0, 0.1) is 6.92 Å². The molecule has 0 saturated heterocycles. The molecule has 0 aliphatic rings. The van der Waals surface area contributed by atoms with Crippen molar-refractivity contribution in [2.24, 2.45) is 0 Å². The highest BCUT2D eigenvalue weighted by Crippen LogP contribution is 2.22. The lowest BCUT2D eigenvalue weighted by Gasteiger charge is -2.14. The summed E-state index contributed by atoms with van der Waals surface area (Å²) in [4.78, 5) is 0. The second-order valence-electron chi connectivity index (χ2n) is 4.29. The van der Waals surface area contributed by atoms with Gasteiger partial charge in [0.05, 0.1) is 16.8 Å². The molecule has 2 rings (SSSR count). The first-order valence-corrected chi connectivity index (χ1v) is 6.27. The number of aliphatic hydroxyl groups is 1. The number of hydrogen-bond acceptors (Lipinski definition) is 2. The Morgan fingerprint density at radius 3 is 2.67 bits per heavy atom. The molecule has 0 aliphatic carbocycles. The van der Waals surface area contributed by atoms with Crippen LogP contribution in [0.5, 0.6) is 0 Å². The van der Waals surface area contributed by atoms with Crippen LogP contribution < -0.4 is 5.32 Å². The quantitative estimate of drug-likeness (QED) is 0.878. The zero-order chi connectivity index (χ0) is 13.0. The molecule has 18 heavy (non-hydrogen) atoms. The Morgan fingerprint density at radius 2 is 1.94 bits per heavy atom. The van der Waals surface area contributed by atoms with Crippen LogP contribution in [0.15, 0.2) is 48.5 Å². The third-order valence-corrected chi connectivity index (χ3v) is 3.12. The van der Waals surface area contributed by atoms with Crippen LogP contribution in [-0.2, 0) is 0 Å². The number of para-hydroxylation sites is 1. The molecular weight excluding hydrogens is 246 g/mol. The minimum atomic E-state index is -0.541. The van der Waals surface area contributed by atoms with Crippen LogP contribution in [0.2, 0.25) is 5.02 Å². The Morgan fingerprint density at radius 1 is 1.17 bits per heavy atom. The van der Waals surface area contributed by atoms with Crippen LogP contribution in [0.25, 0.3) is 0 Å². The fourth-order valence-electron chi connectivity index (χ4n) is 1.81. The molecule has 0 radical (unpaired) electrons. The van der Waals surface area contributed by atoms with Crippen LogP contribution in [-0.4, -0.2) is 11.7 Å². The molecule has 0 saturated carbocycles. The number of aryl methyl sites for hydroxylation is 1. The van der Waals surface area contributed by atoms with Crippen molar-refractivity contribution in [2.45, 2.75) is 13.0 Å². The summed E-state index contributed by atoms with van der Waals surface area (Å²) in [5, 5.41) is 13.9. The average Bonchev–Trinajstić information content (AvgIpc) is 2.37. The highest BCUT2D eigenvalue weighted by atomic mass is 35.5. The maximum Gasteiger partial charge on any atom is 0.0962 e. The van der Waals surface area contributed by atoms with E-state index in [1.54, 1.807) is 0 Å². The fourth-order valence-corrected chi connectivity index (χ4v) is 2.01. The molecule has 2 N–H and O–H groups in total. The first-order valence-electron chi connectivity index (χ1n) is 5.90. The van der Waals surface area contributed by atoms with Crippen molar-refractivity contribution in [1.29, 1.82) is 0 Å². The molecule has 0 aromatic heterocycles. The Hall–Kier alpha value is -1.51. The molecule has 0 aliphatic heterocycles. The molecular formula is C15H16ClNO. The largest absolute Gasteiger partial charge is 0.387 e. The summed E-state index contributed by atoms with van der Waals surface area (Å²) < 4.78 is 0. The fraction of sp³-hybridized carbons (Fsp3) is 0.200. The smallest absolute Gasteiger partial charge is 0.0962 e. The van der Waals surface area contributed by atoms with Gasteiger partial charge in [0.15, 0.2) is 0 Å². The molecule has 1 atom stereocenters. The normalized spacial score (nSPS) is 12.2. The zero-order valence-corrected chi connectivity index (χ0v) is 11.0. The van der Waals surface area contributed by atoms with E-state index in [4.69, 9.17) is 11.6 Å². The van der Waals surface area contributed by atoms with Gasteiger partial charge < -0.3 is 10.4 Å². The van der Waals surface area contributed by atoms with E-state index >= 15 is 0 Å². The van der Waals surface area contributed by atoms with E-state index in [0.29, 0.717) is 11.6 Å². The van der Waals surface area contributed by atoms with Crippen LogP contribution >= 0.6 is 11.6 Å². The molecule has 3 heteroatoms. The minimum Gasteiger partial charge on any atom is -0.387 e. The van der Waals surface area contributed by atoms with E-state index in [1.807, 2.05) is 55.5 Å². The number of aliphatic hydroxyl groups excluding tert-OH is 1. The molecule has 94 valence electrons. The zero-order valence-electron chi connectivity index (χ0n) is 10.2. The maximum atomic E-state index is 10.1. The predicted octanol–water partition coefficient (Wildman–Crippen LogP) is 3.79. The summed E-state index contributed by atoms with van der Waals surface area (Å²) in [6, 6.07) is 15.4. The molecule has 2 nitrogen and oxygen atoms in total. The third kappa shape index (κ3) is 3.25. The lowest BCUT2D eigenvalue weighted by molar-refractivity contribution is 0.191. The highest BCUT2D eigenvalue weighted by Gasteiger charge is 2.08. The van der Waals surface area contributed by atoms with Crippen molar-refractivity contribution in [3.05, 3.63) is 64.7 Å². The first-order chi connectivity index (χ1) is 8.66. The molecule has 0 spiro atoms. The number of benzene rings is 2. The van der Waals surface area contributed by atoms with E-state index in [-0.39, 0.29) is 0 Å². The van der Waals surface area contributed by atoms with Crippen molar-refractivity contribution < 1.29 is 5.11 Å². The number of anilines is 1. The molecule has 0 heterocycles. The summed E-state index contributed by atoms with van der Waals surface area (Å²) >= 11 is 6.03. The Kier molecular flexibility index (Phi) is 4.24. The number of hydrogen-bond donors (Lipinski definition) is 2. The van der Waals surface area contributed by atoms with Gasteiger partial charge in [-0.2, -0.15) is 0 Å². The van der Waals surface area contributed by atoms with Gasteiger partial charge in [-0.3, -0.25) is 0 Å². The van der Waals surface area contributed by atoms with Gasteiger partial charge in [0, 0.05) is 6.54 Å². The summed E-state index contributed by atoms with van der Waals surface area (Å²) in [5.41, 5.74) is 2.89. The van der Waals surface area contributed by atoms with Crippen molar-refractivity contribution in [3.8, 4) is 0 Å². The number of nitrogens with one attached hydrogen (secondary N) is 1. The summed E-state index contributed by atoms with van der Waals surface area (Å²) in [7, 11) is 0. The van der Waals surface area contributed by atoms with Gasteiger partial charge in [0.1, 0.15) is 0 Å². The summed E-state index contributed by atoms with van der Waals surface area (Å²) in [6.45, 7) is 2.45. The minimum absolute atomic E-state index is 0.438. The van der Waals surface area contributed by atoms with Gasteiger partial charge in [-0.25, -0.2) is 0 Å². The first kappa shape index (κ1) is 12.9. The maximum absolute atomic E-state index is 10.1. The summed E-state index contributed by atoms with van der Waals surface area (Å²) in [6.07, 6.45) is -0.541. The van der Waals surface area contributed by atoms with E-state index in [2.05, 4.69) is 5.32 Å². The van der Waals surface area contributed by atoms with Crippen molar-refractivity contribution >= 4 is 17.3 Å². The predicted molar refractivity (Wildman–Crippen MR) is 76.1 cm³/mol. The Balaban J connectivity index is 2.00. The lowest BCUT2D eigenvalue weighted by atomic mass is 10.1. The topological polar surface area (TPSA) is 32.3 Å². The SMILES string of the molecule is Cc1cccc(C(O)CNc2ccccc2Cl)c1. The van der Waals surface area contributed by atoms with Crippen molar-refractivity contribution in [1.82, 2.24) is 0 Å². The van der Waals surface area contributed by atoms with Crippen molar-refractivity contribution in [3.63, 3.8) is 0 Å². The second kappa shape index (κ2) is 5.89. The highest BCUT2D eigenvalue weighted by molar-refractivity contribution is 6.33. The molecule has 1 unspecified atom stereocenters. The Labute approximate surface area is 112 Å². The monoisotopic (exact) mass is 261 g/mol. The Bertz CT molecular complexity index is 527. The van der Waals surface area contributed by atoms with Crippen LogP contribution in [0.1, 0.15) is 17.2 Å². The standard InChI is InChI=1S/C15H16ClNO/c1-11-5-4-6-12(9-11)15(18)10-17-14-8-3-2-7-13(14)16/h2-9,15,17-18H,10H2,1H3. The van der Waals surface area contributed by atoms with Gasteiger partial charge in [-0.05, 0) is 24.6 Å². The lowest BCUT2D eigenvalue weighted by Crippen LogP contribution is -2.12. The van der Waals surface area contributed by atoms with E-state index < -0.39 is 6.10 Å². The molecule has 2 aromatic carbocycles. The van der Waals surface area contributed by atoms with E-state index in [1.165, 1.54) is 0 Å². The van der Waals surface area contributed by atoms with Gasteiger partial charge in [0.2, 0.25) is 0 Å². The van der Waals surface area contributed by atoms with E-state index in [9.17, 15) is 5.11 Å². The second-order valence-corrected chi connectivity index (χ2v) is 4.70. The van der Waals surface area contributed by atoms with Gasteiger partial charge in [-0.1, -0.05) is 53.6 Å². The average molecular weight is 262 g/mol. The van der Waals surface area contributed by atoms with Crippen LogP contribution in [0.4, 0.5) is 5.69 Å². The molecule has 0 fully saturated rings. The van der Waals surface area contributed by atoms with Crippen molar-refractivity contribution in [2.75, 3.05) is 11.9 Å². The van der Waals surface area contributed by atoms with Crippen LogP contribution in [0.3, 0.4) is 0 Å². The molecule has 2 aromatic rings. The number of halogens is 1. The third-order valence-electron chi connectivity index (χ3n) is 2.79. The van der Waals surface area contributed by atoms with Gasteiger partial charge >= 0.3 is 0 Å². The van der Waals surface area contributed by atoms with Gasteiger partial charge in [0.25, 0.3) is 0 Å². The summed E-state index contributed by atoms with van der Waals surface area (Å²) in [5.74, 6) is 0.